The van der Waals surface area contributed by atoms with Gasteiger partial charge in [0.1, 0.15) is 0 Å². The maximum atomic E-state index is 11.9. The van der Waals surface area contributed by atoms with Crippen LogP contribution >= 0.6 is 0 Å². The third-order valence-electron chi connectivity index (χ3n) is 3.82. The zero-order chi connectivity index (χ0) is 14.7. The first-order chi connectivity index (χ1) is 8.70. The van der Waals surface area contributed by atoms with Crippen LogP contribution in [0.15, 0.2) is 0 Å². The number of methoxy groups -OCH3 is 1. The Bertz CT molecular complexity index is 419. The molecule has 6 nitrogen and oxygen atoms in total. The zero-order valence-corrected chi connectivity index (χ0v) is 12.8. The molecule has 0 bridgehead atoms. The van der Waals surface area contributed by atoms with Gasteiger partial charge in [-0.25, -0.2) is 13.1 Å². The van der Waals surface area contributed by atoms with Crippen LogP contribution < -0.4 is 10.0 Å². The first-order valence-corrected chi connectivity index (χ1v) is 8.05. The van der Waals surface area contributed by atoms with Crippen LogP contribution in [0.25, 0.3) is 0 Å². The van der Waals surface area contributed by atoms with Gasteiger partial charge < -0.3 is 10.1 Å². The molecule has 1 fully saturated rings. The van der Waals surface area contributed by atoms with Crippen molar-refractivity contribution in [1.29, 1.82) is 0 Å². The second kappa shape index (κ2) is 6.19. The Kier molecular flexibility index (Phi) is 5.34. The molecule has 112 valence electrons. The minimum Gasteiger partial charge on any atom is -0.468 e. The normalized spacial score (nSPS) is 24.7. The topological polar surface area (TPSA) is 84.5 Å². The molecule has 0 spiro atoms. The number of hydrogen-bond acceptors (Lipinski definition) is 5. The first kappa shape index (κ1) is 16.4. The fourth-order valence-corrected chi connectivity index (χ4v) is 3.23. The van der Waals surface area contributed by atoms with Gasteiger partial charge in [0, 0.05) is 12.6 Å². The second-order valence-corrected chi connectivity index (χ2v) is 7.74. The Labute approximate surface area is 115 Å². The minimum atomic E-state index is -3.69. The number of sulfonamides is 1. The lowest BCUT2D eigenvalue weighted by molar-refractivity contribution is -0.139. The summed E-state index contributed by atoms with van der Waals surface area (Å²) in [5.74, 6) is -0.747. The molecule has 2 unspecified atom stereocenters. The van der Waals surface area contributed by atoms with Gasteiger partial charge in [-0.15, -0.1) is 0 Å². The zero-order valence-electron chi connectivity index (χ0n) is 12.0. The average molecular weight is 292 g/mol. The van der Waals surface area contributed by atoms with Crippen molar-refractivity contribution in [3.05, 3.63) is 0 Å². The molecule has 19 heavy (non-hydrogen) atoms. The van der Waals surface area contributed by atoms with Gasteiger partial charge in [-0.05, 0) is 31.7 Å². The van der Waals surface area contributed by atoms with Crippen molar-refractivity contribution in [2.45, 2.75) is 44.9 Å². The number of hydrogen-bond donors (Lipinski definition) is 2. The summed E-state index contributed by atoms with van der Waals surface area (Å²) in [7, 11) is -2.51. The predicted octanol–water partition coefficient (Wildman–Crippen LogP) is 0.246. The van der Waals surface area contributed by atoms with Gasteiger partial charge in [0.25, 0.3) is 0 Å². The fourth-order valence-electron chi connectivity index (χ4n) is 2.24. The standard InChI is InChI=1S/C12H24N2O4S/c1-9(11(15)18-4)19(16,17)14-8-10-12(2,3)6-5-7-13-10/h9-10,13-14H,5-8H2,1-4H3. The predicted molar refractivity (Wildman–Crippen MR) is 73.2 cm³/mol. The summed E-state index contributed by atoms with van der Waals surface area (Å²) >= 11 is 0. The van der Waals surface area contributed by atoms with E-state index in [2.05, 4.69) is 28.6 Å². The number of esters is 1. The van der Waals surface area contributed by atoms with Gasteiger partial charge in [-0.2, -0.15) is 0 Å². The van der Waals surface area contributed by atoms with Crippen molar-refractivity contribution >= 4 is 16.0 Å². The highest BCUT2D eigenvalue weighted by Crippen LogP contribution is 2.29. The van der Waals surface area contributed by atoms with Crippen LogP contribution in [0.1, 0.15) is 33.6 Å². The van der Waals surface area contributed by atoms with E-state index < -0.39 is 21.2 Å². The van der Waals surface area contributed by atoms with Gasteiger partial charge in [0.2, 0.25) is 10.0 Å². The summed E-state index contributed by atoms with van der Waals surface area (Å²) in [6.45, 7) is 6.73. The lowest BCUT2D eigenvalue weighted by atomic mass is 9.78. The van der Waals surface area contributed by atoms with Crippen LogP contribution in [0.4, 0.5) is 0 Å². The molecule has 0 radical (unpaired) electrons. The van der Waals surface area contributed by atoms with Crippen molar-refractivity contribution in [3.63, 3.8) is 0 Å². The van der Waals surface area contributed by atoms with Crippen molar-refractivity contribution in [2.75, 3.05) is 20.2 Å². The molecule has 0 saturated carbocycles. The molecule has 1 aliphatic rings. The quantitative estimate of drug-likeness (QED) is 0.709. The minimum absolute atomic E-state index is 0.0370. The Hall–Kier alpha value is -0.660. The smallest absolute Gasteiger partial charge is 0.325 e. The molecule has 1 heterocycles. The Balaban J connectivity index is 2.62. The summed E-state index contributed by atoms with van der Waals surface area (Å²) in [6, 6.07) is 0.0703. The van der Waals surface area contributed by atoms with Gasteiger partial charge in [0.05, 0.1) is 7.11 Å². The molecule has 0 aromatic rings. The average Bonchev–Trinajstić information content (AvgIpc) is 2.35. The third-order valence-corrected chi connectivity index (χ3v) is 5.51. The summed E-state index contributed by atoms with van der Waals surface area (Å²) < 4.78 is 30.9. The maximum absolute atomic E-state index is 11.9. The van der Waals surface area contributed by atoms with E-state index in [1.165, 1.54) is 14.0 Å². The molecule has 1 aliphatic heterocycles. The molecular formula is C12H24N2O4S. The number of piperidine rings is 1. The highest BCUT2D eigenvalue weighted by molar-refractivity contribution is 7.90. The van der Waals surface area contributed by atoms with Gasteiger partial charge >= 0.3 is 5.97 Å². The number of nitrogens with one attached hydrogen (secondary N) is 2. The third kappa shape index (κ3) is 4.15. The summed E-state index contributed by atoms with van der Waals surface area (Å²) in [6.07, 6.45) is 2.15. The van der Waals surface area contributed by atoms with Crippen LogP contribution in [-0.4, -0.2) is 45.9 Å². The van der Waals surface area contributed by atoms with E-state index in [1.807, 2.05) is 0 Å². The van der Waals surface area contributed by atoms with Crippen LogP contribution in [0.5, 0.6) is 0 Å². The van der Waals surface area contributed by atoms with Crippen molar-refractivity contribution in [2.24, 2.45) is 5.41 Å². The van der Waals surface area contributed by atoms with E-state index in [9.17, 15) is 13.2 Å². The molecular weight excluding hydrogens is 268 g/mol. The molecule has 2 N–H and O–H groups in total. The largest absolute Gasteiger partial charge is 0.468 e. The van der Waals surface area contributed by atoms with E-state index in [0.717, 1.165) is 19.4 Å². The second-order valence-electron chi connectivity index (χ2n) is 5.66. The Morgan fingerprint density at radius 2 is 2.16 bits per heavy atom. The molecule has 1 rings (SSSR count). The summed E-state index contributed by atoms with van der Waals surface area (Å²) in [5, 5.41) is 2.13. The summed E-state index contributed by atoms with van der Waals surface area (Å²) in [4.78, 5) is 11.3. The molecule has 0 aromatic heterocycles. The molecule has 0 aliphatic carbocycles. The maximum Gasteiger partial charge on any atom is 0.325 e. The Morgan fingerprint density at radius 1 is 1.53 bits per heavy atom. The van der Waals surface area contributed by atoms with E-state index >= 15 is 0 Å². The molecule has 0 amide bonds. The van der Waals surface area contributed by atoms with Crippen LogP contribution in [0, 0.1) is 5.41 Å². The highest BCUT2D eigenvalue weighted by Gasteiger charge is 2.34. The fraction of sp³-hybridized carbons (Fsp3) is 0.917. The van der Waals surface area contributed by atoms with Crippen LogP contribution in [0.3, 0.4) is 0 Å². The highest BCUT2D eigenvalue weighted by atomic mass is 32.2. The van der Waals surface area contributed by atoms with Crippen molar-refractivity contribution in [3.8, 4) is 0 Å². The molecule has 1 saturated heterocycles. The summed E-state index contributed by atoms with van der Waals surface area (Å²) in [5.41, 5.74) is 0.0370. The van der Waals surface area contributed by atoms with E-state index in [1.54, 1.807) is 0 Å². The SMILES string of the molecule is COC(=O)C(C)S(=O)(=O)NCC1NCCCC1(C)C. The Morgan fingerprint density at radius 3 is 2.68 bits per heavy atom. The van der Waals surface area contributed by atoms with Crippen molar-refractivity contribution in [1.82, 2.24) is 10.0 Å². The number of carbonyl (C=O) groups is 1. The molecule has 2 atom stereocenters. The first-order valence-electron chi connectivity index (χ1n) is 6.50. The van der Waals surface area contributed by atoms with Crippen LogP contribution in [-0.2, 0) is 19.6 Å². The molecule has 0 aromatic carbocycles. The number of carbonyl (C=O) groups excluding carboxylic acids is 1. The number of ether oxygens (including phenoxy) is 1. The van der Waals surface area contributed by atoms with Crippen LogP contribution in [0.2, 0.25) is 0 Å². The number of rotatable bonds is 5. The van der Waals surface area contributed by atoms with E-state index in [0.29, 0.717) is 0 Å². The van der Waals surface area contributed by atoms with E-state index in [4.69, 9.17) is 0 Å². The van der Waals surface area contributed by atoms with E-state index in [-0.39, 0.29) is 18.0 Å². The van der Waals surface area contributed by atoms with Crippen molar-refractivity contribution < 1.29 is 17.9 Å². The lowest BCUT2D eigenvalue weighted by Crippen LogP contribution is -2.54. The van der Waals surface area contributed by atoms with Gasteiger partial charge in [-0.3, -0.25) is 4.79 Å². The van der Waals surface area contributed by atoms with Gasteiger partial charge in [-0.1, -0.05) is 13.8 Å². The molecule has 7 heteroatoms. The van der Waals surface area contributed by atoms with Gasteiger partial charge in [0.15, 0.2) is 5.25 Å². The monoisotopic (exact) mass is 292 g/mol. The lowest BCUT2D eigenvalue weighted by Gasteiger charge is -2.39.